The van der Waals surface area contributed by atoms with Gasteiger partial charge in [0.15, 0.2) is 0 Å². The molecule has 0 radical (unpaired) electrons. The molecule has 2 heteroatoms. The minimum atomic E-state index is 0.268. The van der Waals surface area contributed by atoms with E-state index in [0.717, 1.165) is 22.6 Å². The highest BCUT2D eigenvalue weighted by Gasteiger charge is 2.04. The number of aromatic hydroxyl groups is 1. The maximum Gasteiger partial charge on any atom is 0.128 e. The average Bonchev–Trinajstić information content (AvgIpc) is 2.49. The van der Waals surface area contributed by atoms with Gasteiger partial charge in [0.2, 0.25) is 0 Å². The molecule has 0 amide bonds. The van der Waals surface area contributed by atoms with E-state index in [1.165, 1.54) is 0 Å². The van der Waals surface area contributed by atoms with Gasteiger partial charge in [-0.05, 0) is 35.9 Å². The van der Waals surface area contributed by atoms with Gasteiger partial charge in [0.05, 0.1) is 0 Å². The molecule has 1 N–H and O–H groups in total. The van der Waals surface area contributed by atoms with Crippen LogP contribution in [0.3, 0.4) is 0 Å². The summed E-state index contributed by atoms with van der Waals surface area (Å²) in [6.45, 7) is 0. The highest BCUT2D eigenvalue weighted by atomic mass is 16.5. The van der Waals surface area contributed by atoms with Gasteiger partial charge in [0.1, 0.15) is 17.2 Å². The molecule has 0 unspecified atom stereocenters. The molecule has 20 heavy (non-hydrogen) atoms. The van der Waals surface area contributed by atoms with Crippen LogP contribution in [0.15, 0.2) is 78.9 Å². The fourth-order valence-corrected chi connectivity index (χ4v) is 2.07. The fraction of sp³-hybridized carbons (Fsp3) is 0. The smallest absolute Gasteiger partial charge is 0.128 e. The van der Waals surface area contributed by atoms with Crippen LogP contribution >= 0.6 is 0 Å². The zero-order valence-electron chi connectivity index (χ0n) is 10.9. The lowest BCUT2D eigenvalue weighted by atomic mass is 10.0. The van der Waals surface area contributed by atoms with Gasteiger partial charge in [-0.15, -0.1) is 0 Å². The van der Waals surface area contributed by atoms with Crippen molar-refractivity contribution >= 4 is 0 Å². The van der Waals surface area contributed by atoms with E-state index in [1.807, 2.05) is 72.8 Å². The van der Waals surface area contributed by atoms with Crippen molar-refractivity contribution in [2.75, 3.05) is 0 Å². The standard InChI is InChI=1S/C18H14O2/c19-18-12-5-4-11-17(18)14-7-6-10-16(13-14)20-15-8-2-1-3-9-15/h1-13,19H. The normalized spacial score (nSPS) is 10.2. The topological polar surface area (TPSA) is 29.5 Å². The van der Waals surface area contributed by atoms with Crippen LogP contribution in [-0.2, 0) is 0 Å². The van der Waals surface area contributed by atoms with Gasteiger partial charge in [-0.2, -0.15) is 0 Å². The zero-order valence-corrected chi connectivity index (χ0v) is 10.9. The molecule has 3 aromatic carbocycles. The first-order valence-corrected chi connectivity index (χ1v) is 6.44. The molecule has 0 saturated heterocycles. The molecule has 0 aromatic heterocycles. The molecular weight excluding hydrogens is 248 g/mol. The lowest BCUT2D eigenvalue weighted by Crippen LogP contribution is -1.85. The van der Waals surface area contributed by atoms with Crippen molar-refractivity contribution in [3.63, 3.8) is 0 Å². The molecule has 0 atom stereocenters. The van der Waals surface area contributed by atoms with Crippen molar-refractivity contribution in [3.05, 3.63) is 78.9 Å². The first kappa shape index (κ1) is 12.3. The quantitative estimate of drug-likeness (QED) is 0.731. The van der Waals surface area contributed by atoms with Crippen LogP contribution in [0, 0.1) is 0 Å². The number of phenolic OH excluding ortho intramolecular Hbond substituents is 1. The van der Waals surface area contributed by atoms with Gasteiger partial charge in [-0.3, -0.25) is 0 Å². The van der Waals surface area contributed by atoms with Crippen LogP contribution < -0.4 is 4.74 Å². The van der Waals surface area contributed by atoms with Crippen LogP contribution in [0.25, 0.3) is 11.1 Å². The number of hydrogen-bond donors (Lipinski definition) is 1. The van der Waals surface area contributed by atoms with Crippen LogP contribution in [0.1, 0.15) is 0 Å². The van der Waals surface area contributed by atoms with Crippen LogP contribution in [0.4, 0.5) is 0 Å². The Balaban J connectivity index is 1.92. The summed E-state index contributed by atoms with van der Waals surface area (Å²) < 4.78 is 5.80. The maximum atomic E-state index is 9.90. The second kappa shape index (κ2) is 5.49. The van der Waals surface area contributed by atoms with E-state index in [-0.39, 0.29) is 5.75 Å². The van der Waals surface area contributed by atoms with E-state index in [2.05, 4.69) is 0 Å². The first-order chi connectivity index (χ1) is 9.83. The van der Waals surface area contributed by atoms with Crippen molar-refractivity contribution in [3.8, 4) is 28.4 Å². The average molecular weight is 262 g/mol. The summed E-state index contributed by atoms with van der Waals surface area (Å²) in [5.74, 6) is 1.81. The van der Waals surface area contributed by atoms with Gasteiger partial charge < -0.3 is 9.84 Å². The summed E-state index contributed by atoms with van der Waals surface area (Å²) in [7, 11) is 0. The predicted octanol–water partition coefficient (Wildman–Crippen LogP) is 4.85. The van der Waals surface area contributed by atoms with Crippen molar-refractivity contribution in [1.82, 2.24) is 0 Å². The van der Waals surface area contributed by atoms with Gasteiger partial charge in [0, 0.05) is 5.56 Å². The summed E-state index contributed by atoms with van der Waals surface area (Å²) in [6.07, 6.45) is 0. The summed E-state index contributed by atoms with van der Waals surface area (Å²) in [4.78, 5) is 0. The van der Waals surface area contributed by atoms with Crippen LogP contribution in [-0.4, -0.2) is 5.11 Å². The summed E-state index contributed by atoms with van der Waals surface area (Å²) in [6, 6.07) is 24.6. The number of rotatable bonds is 3. The Hall–Kier alpha value is -2.74. The van der Waals surface area contributed by atoms with Gasteiger partial charge in [-0.1, -0.05) is 48.5 Å². The number of phenols is 1. The van der Waals surface area contributed by atoms with Gasteiger partial charge in [0.25, 0.3) is 0 Å². The highest BCUT2D eigenvalue weighted by molar-refractivity contribution is 5.71. The Morgan fingerprint density at radius 3 is 2.15 bits per heavy atom. The molecular formula is C18H14O2. The van der Waals surface area contributed by atoms with E-state index in [4.69, 9.17) is 4.74 Å². The van der Waals surface area contributed by atoms with Crippen molar-refractivity contribution in [2.24, 2.45) is 0 Å². The maximum absolute atomic E-state index is 9.90. The largest absolute Gasteiger partial charge is 0.507 e. The molecule has 0 heterocycles. The number of ether oxygens (including phenoxy) is 1. The molecule has 0 aliphatic rings. The molecule has 3 rings (SSSR count). The van der Waals surface area contributed by atoms with E-state index in [9.17, 15) is 5.11 Å². The Morgan fingerprint density at radius 1 is 0.650 bits per heavy atom. The number of hydrogen-bond acceptors (Lipinski definition) is 2. The third-order valence-electron chi connectivity index (χ3n) is 3.03. The highest BCUT2D eigenvalue weighted by Crippen LogP contribution is 2.32. The molecule has 2 nitrogen and oxygen atoms in total. The van der Waals surface area contributed by atoms with Crippen LogP contribution in [0.5, 0.6) is 17.2 Å². The summed E-state index contributed by atoms with van der Waals surface area (Å²) in [5.41, 5.74) is 1.72. The van der Waals surface area contributed by atoms with Gasteiger partial charge >= 0.3 is 0 Å². The molecule has 3 aromatic rings. The Morgan fingerprint density at radius 2 is 1.35 bits per heavy atom. The fourth-order valence-electron chi connectivity index (χ4n) is 2.07. The van der Waals surface area contributed by atoms with Gasteiger partial charge in [-0.25, -0.2) is 0 Å². The zero-order chi connectivity index (χ0) is 13.8. The second-order valence-corrected chi connectivity index (χ2v) is 4.46. The van der Waals surface area contributed by atoms with Crippen LogP contribution in [0.2, 0.25) is 0 Å². The monoisotopic (exact) mass is 262 g/mol. The summed E-state index contributed by atoms with van der Waals surface area (Å²) >= 11 is 0. The molecule has 0 bridgehead atoms. The minimum Gasteiger partial charge on any atom is -0.507 e. The molecule has 0 saturated carbocycles. The molecule has 0 spiro atoms. The number of para-hydroxylation sites is 2. The van der Waals surface area contributed by atoms with Crippen molar-refractivity contribution in [2.45, 2.75) is 0 Å². The van der Waals surface area contributed by atoms with E-state index < -0.39 is 0 Å². The molecule has 98 valence electrons. The van der Waals surface area contributed by atoms with E-state index in [1.54, 1.807) is 6.07 Å². The minimum absolute atomic E-state index is 0.268. The summed E-state index contributed by atoms with van der Waals surface area (Å²) in [5, 5.41) is 9.90. The first-order valence-electron chi connectivity index (χ1n) is 6.44. The number of benzene rings is 3. The Kier molecular flexibility index (Phi) is 3.38. The molecule has 0 fully saturated rings. The van der Waals surface area contributed by atoms with Crippen molar-refractivity contribution < 1.29 is 9.84 Å². The second-order valence-electron chi connectivity index (χ2n) is 4.46. The lowest BCUT2D eigenvalue weighted by molar-refractivity contribution is 0.476. The van der Waals surface area contributed by atoms with Crippen molar-refractivity contribution in [1.29, 1.82) is 0 Å². The molecule has 0 aliphatic carbocycles. The van der Waals surface area contributed by atoms with E-state index in [0.29, 0.717) is 0 Å². The molecule has 0 aliphatic heterocycles. The predicted molar refractivity (Wildman–Crippen MR) is 80.1 cm³/mol. The third kappa shape index (κ3) is 2.64. The Labute approximate surface area is 117 Å². The van der Waals surface area contributed by atoms with E-state index >= 15 is 0 Å². The lowest BCUT2D eigenvalue weighted by Gasteiger charge is -2.08. The third-order valence-corrected chi connectivity index (χ3v) is 3.03. The Bertz CT molecular complexity index is 705. The SMILES string of the molecule is Oc1ccccc1-c1cccc(Oc2ccccc2)c1.